The SMILES string of the molecule is CC(C)C(NC(=O)C(NC(=O)O)c1ccccc1)C(O)C(F)(F)C(=O)NCC(F)(F)F. The summed E-state index contributed by atoms with van der Waals surface area (Å²) in [5, 5.41) is 24.0. The average Bonchev–Trinajstić information content (AvgIpc) is 2.67. The maximum absolute atomic E-state index is 14.3. The van der Waals surface area contributed by atoms with E-state index >= 15 is 0 Å². The zero-order valence-electron chi connectivity index (χ0n) is 16.4. The Kier molecular flexibility index (Phi) is 8.73. The van der Waals surface area contributed by atoms with Crippen molar-refractivity contribution in [3.8, 4) is 0 Å². The van der Waals surface area contributed by atoms with Gasteiger partial charge in [0.2, 0.25) is 5.91 Å². The van der Waals surface area contributed by atoms with Gasteiger partial charge in [-0.25, -0.2) is 4.79 Å². The van der Waals surface area contributed by atoms with Crippen LogP contribution in [0, 0.1) is 5.92 Å². The molecule has 1 aromatic rings. The summed E-state index contributed by atoms with van der Waals surface area (Å²) in [4.78, 5) is 35.2. The molecule has 174 valence electrons. The molecule has 0 bridgehead atoms. The van der Waals surface area contributed by atoms with Crippen molar-refractivity contribution >= 4 is 17.9 Å². The van der Waals surface area contributed by atoms with E-state index in [2.05, 4.69) is 5.32 Å². The van der Waals surface area contributed by atoms with E-state index in [-0.39, 0.29) is 5.56 Å². The molecule has 5 N–H and O–H groups in total. The maximum Gasteiger partial charge on any atom is 0.405 e. The molecule has 0 aromatic heterocycles. The molecule has 3 unspecified atom stereocenters. The van der Waals surface area contributed by atoms with Crippen molar-refractivity contribution in [2.75, 3.05) is 6.54 Å². The number of halogens is 5. The van der Waals surface area contributed by atoms with Crippen LogP contribution in [0.15, 0.2) is 30.3 Å². The Bertz CT molecular complexity index is 774. The predicted molar refractivity (Wildman–Crippen MR) is 97.1 cm³/mol. The molecule has 0 radical (unpaired) electrons. The van der Waals surface area contributed by atoms with Crippen LogP contribution in [0.5, 0.6) is 0 Å². The first-order valence-electron chi connectivity index (χ1n) is 8.92. The largest absolute Gasteiger partial charge is 0.465 e. The molecular weight excluding hydrogens is 433 g/mol. The summed E-state index contributed by atoms with van der Waals surface area (Å²) in [7, 11) is 0. The third-order valence-corrected chi connectivity index (χ3v) is 4.15. The van der Waals surface area contributed by atoms with Crippen molar-refractivity contribution in [3.05, 3.63) is 35.9 Å². The van der Waals surface area contributed by atoms with Crippen molar-refractivity contribution in [3.63, 3.8) is 0 Å². The summed E-state index contributed by atoms with van der Waals surface area (Å²) >= 11 is 0. The van der Waals surface area contributed by atoms with Gasteiger partial charge in [-0.2, -0.15) is 22.0 Å². The third-order valence-electron chi connectivity index (χ3n) is 4.15. The van der Waals surface area contributed by atoms with Gasteiger partial charge in [0.05, 0.1) is 6.04 Å². The third kappa shape index (κ3) is 7.66. The Morgan fingerprint density at radius 2 is 1.55 bits per heavy atom. The summed E-state index contributed by atoms with van der Waals surface area (Å²) in [6.07, 6.45) is -9.44. The average molecular weight is 455 g/mol. The fourth-order valence-corrected chi connectivity index (χ4v) is 2.59. The minimum absolute atomic E-state index is 0.161. The summed E-state index contributed by atoms with van der Waals surface area (Å²) in [5.41, 5.74) is 0.161. The number of benzene rings is 1. The summed E-state index contributed by atoms with van der Waals surface area (Å²) < 4.78 is 65.1. The first-order chi connectivity index (χ1) is 14.2. The summed E-state index contributed by atoms with van der Waals surface area (Å²) in [5.74, 6) is -9.09. The molecule has 1 aromatic carbocycles. The van der Waals surface area contributed by atoms with Crippen molar-refractivity contribution in [1.82, 2.24) is 16.0 Å². The number of nitrogens with one attached hydrogen (secondary N) is 3. The van der Waals surface area contributed by atoms with Gasteiger partial charge in [0.15, 0.2) is 0 Å². The number of carbonyl (C=O) groups excluding carboxylic acids is 2. The Balaban J connectivity index is 3.07. The molecule has 3 atom stereocenters. The van der Waals surface area contributed by atoms with E-state index in [1.807, 2.05) is 5.32 Å². The molecule has 0 heterocycles. The molecule has 0 saturated heterocycles. The van der Waals surface area contributed by atoms with E-state index in [4.69, 9.17) is 5.11 Å². The van der Waals surface area contributed by atoms with E-state index < -0.39 is 60.7 Å². The molecule has 1 rings (SSSR count). The van der Waals surface area contributed by atoms with Crippen LogP contribution in [0.3, 0.4) is 0 Å². The number of aliphatic hydroxyl groups excluding tert-OH is 1. The van der Waals surface area contributed by atoms with Gasteiger partial charge in [-0.05, 0) is 11.5 Å². The fourth-order valence-electron chi connectivity index (χ4n) is 2.59. The fraction of sp³-hybridized carbons (Fsp3) is 0.500. The van der Waals surface area contributed by atoms with E-state index in [1.165, 1.54) is 38.1 Å². The second kappa shape index (κ2) is 10.4. The van der Waals surface area contributed by atoms with E-state index in [0.717, 1.165) is 5.32 Å². The van der Waals surface area contributed by atoms with Gasteiger partial charge >= 0.3 is 18.2 Å². The molecule has 0 aliphatic rings. The van der Waals surface area contributed by atoms with Gasteiger partial charge in [0, 0.05) is 0 Å². The second-order valence-corrected chi connectivity index (χ2v) is 6.94. The molecular formula is C18H22F5N3O5. The molecule has 0 aliphatic heterocycles. The quantitative estimate of drug-likeness (QED) is 0.363. The zero-order valence-corrected chi connectivity index (χ0v) is 16.4. The van der Waals surface area contributed by atoms with Gasteiger partial charge in [0.25, 0.3) is 5.91 Å². The molecule has 13 heteroatoms. The van der Waals surface area contributed by atoms with Crippen molar-refractivity contribution in [2.45, 2.75) is 44.1 Å². The topological polar surface area (TPSA) is 128 Å². The monoisotopic (exact) mass is 455 g/mol. The van der Waals surface area contributed by atoms with E-state index in [0.29, 0.717) is 0 Å². The molecule has 0 aliphatic carbocycles. The van der Waals surface area contributed by atoms with Crippen molar-refractivity contribution in [1.29, 1.82) is 0 Å². The van der Waals surface area contributed by atoms with Crippen LogP contribution in [0.4, 0.5) is 26.7 Å². The number of hydrogen-bond donors (Lipinski definition) is 5. The Hall–Kier alpha value is -2.96. The highest BCUT2D eigenvalue weighted by molar-refractivity contribution is 5.87. The van der Waals surface area contributed by atoms with Gasteiger partial charge < -0.3 is 26.2 Å². The molecule has 0 spiro atoms. The number of hydrogen-bond acceptors (Lipinski definition) is 4. The highest BCUT2D eigenvalue weighted by atomic mass is 19.4. The van der Waals surface area contributed by atoms with Crippen LogP contribution in [0.1, 0.15) is 25.5 Å². The Labute approximate surface area is 173 Å². The molecule has 0 saturated carbocycles. The van der Waals surface area contributed by atoms with Crippen LogP contribution in [0.25, 0.3) is 0 Å². The predicted octanol–water partition coefficient (Wildman–Crippen LogP) is 1.81. The number of rotatable bonds is 9. The number of alkyl halides is 5. The lowest BCUT2D eigenvalue weighted by molar-refractivity contribution is -0.174. The molecule has 8 nitrogen and oxygen atoms in total. The lowest BCUT2D eigenvalue weighted by Gasteiger charge is -2.33. The van der Waals surface area contributed by atoms with Crippen LogP contribution >= 0.6 is 0 Å². The first-order valence-corrected chi connectivity index (χ1v) is 8.92. The van der Waals surface area contributed by atoms with Gasteiger partial charge in [-0.15, -0.1) is 0 Å². The van der Waals surface area contributed by atoms with E-state index in [9.17, 15) is 41.4 Å². The van der Waals surface area contributed by atoms with Gasteiger partial charge in [-0.3, -0.25) is 9.59 Å². The van der Waals surface area contributed by atoms with Crippen LogP contribution in [-0.4, -0.2) is 58.9 Å². The first kappa shape index (κ1) is 26.1. The number of aliphatic hydroxyl groups is 1. The zero-order chi connectivity index (χ0) is 24.0. The Morgan fingerprint density at radius 1 is 1.00 bits per heavy atom. The maximum atomic E-state index is 14.3. The van der Waals surface area contributed by atoms with Crippen molar-refractivity contribution in [2.24, 2.45) is 5.92 Å². The highest BCUT2D eigenvalue weighted by Crippen LogP contribution is 2.26. The second-order valence-electron chi connectivity index (χ2n) is 6.94. The number of amides is 3. The van der Waals surface area contributed by atoms with E-state index in [1.54, 1.807) is 6.07 Å². The summed E-state index contributed by atoms with van der Waals surface area (Å²) in [6.45, 7) is 0.575. The standard InChI is InChI=1S/C18H22F5N3O5/c1-9(2)11(13(27)18(22,23)15(29)24-8-17(19,20)21)25-14(28)12(26-16(30)31)10-6-4-3-5-7-10/h3-7,9,11-13,26-27H,8H2,1-2H3,(H,24,29)(H,25,28)(H,30,31). The van der Waals surface area contributed by atoms with Crippen LogP contribution < -0.4 is 16.0 Å². The number of carbonyl (C=O) groups is 3. The Morgan fingerprint density at radius 3 is 2.00 bits per heavy atom. The molecule has 31 heavy (non-hydrogen) atoms. The highest BCUT2D eigenvalue weighted by Gasteiger charge is 2.52. The van der Waals surface area contributed by atoms with Gasteiger partial charge in [0.1, 0.15) is 18.7 Å². The smallest absolute Gasteiger partial charge is 0.405 e. The number of carboxylic acid groups (broad SMARTS) is 1. The van der Waals surface area contributed by atoms with Crippen LogP contribution in [0.2, 0.25) is 0 Å². The lowest BCUT2D eigenvalue weighted by Crippen LogP contribution is -2.60. The molecule has 0 fully saturated rings. The minimum atomic E-state index is -4.95. The lowest BCUT2D eigenvalue weighted by atomic mass is 9.93. The molecule has 3 amide bonds. The summed E-state index contributed by atoms with van der Waals surface area (Å²) in [6, 6.07) is 4.00. The van der Waals surface area contributed by atoms with Crippen LogP contribution in [-0.2, 0) is 9.59 Å². The minimum Gasteiger partial charge on any atom is -0.465 e. The van der Waals surface area contributed by atoms with Gasteiger partial charge in [-0.1, -0.05) is 44.2 Å². The van der Waals surface area contributed by atoms with Crippen molar-refractivity contribution < 1.29 is 46.5 Å². The normalized spacial score (nSPS) is 15.0.